The number of unbranched alkanes of at least 4 members (excludes halogenated alkanes) is 1. The number of rotatable bonds is 6. The molecule has 0 saturated heterocycles. The van der Waals surface area contributed by atoms with Crippen LogP contribution in [0.2, 0.25) is 0 Å². The van der Waals surface area contributed by atoms with Gasteiger partial charge in [0, 0.05) is 18.7 Å². The van der Waals surface area contributed by atoms with Gasteiger partial charge in [-0.15, -0.1) is 21.5 Å². The molecule has 0 aromatic carbocycles. The number of nitrogens with one attached hydrogen (secondary N) is 1. The van der Waals surface area contributed by atoms with Gasteiger partial charge >= 0.3 is 0 Å². The molecule has 6 heteroatoms. The Balaban J connectivity index is 1.67. The number of nitrogens with zero attached hydrogens (tertiary/aromatic N) is 3. The van der Waals surface area contributed by atoms with Crippen LogP contribution >= 0.6 is 22.7 Å². The van der Waals surface area contributed by atoms with Crippen LogP contribution in [-0.2, 0) is 0 Å². The summed E-state index contributed by atoms with van der Waals surface area (Å²) in [6.07, 6.45) is 6.90. The lowest BCUT2D eigenvalue weighted by Gasteiger charge is -1.97. The van der Waals surface area contributed by atoms with Gasteiger partial charge in [-0.2, -0.15) is 0 Å². The number of hydrogen-bond donors (Lipinski definition) is 1. The van der Waals surface area contributed by atoms with Gasteiger partial charge in [0.15, 0.2) is 5.01 Å². The predicted molar refractivity (Wildman–Crippen MR) is 76.4 cm³/mol. The largest absolute Gasteiger partial charge is 0.360 e. The van der Waals surface area contributed by atoms with E-state index in [0.717, 1.165) is 27.5 Å². The predicted octanol–water partition coefficient (Wildman–Crippen LogP) is 3.75. The average molecular weight is 280 g/mol. The second-order valence-corrected chi connectivity index (χ2v) is 6.57. The Morgan fingerprint density at radius 1 is 1.33 bits per heavy atom. The Morgan fingerprint density at radius 2 is 2.22 bits per heavy atom. The van der Waals surface area contributed by atoms with E-state index < -0.39 is 0 Å². The Morgan fingerprint density at radius 3 is 3.00 bits per heavy atom. The zero-order chi connectivity index (χ0) is 12.4. The van der Waals surface area contributed by atoms with Crippen molar-refractivity contribution in [3.8, 4) is 9.88 Å². The van der Waals surface area contributed by atoms with E-state index in [-0.39, 0.29) is 0 Å². The highest BCUT2D eigenvalue weighted by Gasteiger charge is 2.27. The second kappa shape index (κ2) is 5.32. The topological polar surface area (TPSA) is 50.7 Å². The molecular formula is C12H16N4S2. The molecule has 1 N–H and O–H groups in total. The standard InChI is InChI=1S/C12H16N4S2/c1-2-3-6-13-12-16-15-11(18-12)9-7-14-10(17-9)8-4-5-8/h7-8H,2-6H2,1H3,(H,13,16). The first kappa shape index (κ1) is 12.0. The summed E-state index contributed by atoms with van der Waals surface area (Å²) in [7, 11) is 0. The third-order valence-electron chi connectivity index (χ3n) is 2.89. The summed E-state index contributed by atoms with van der Waals surface area (Å²) in [6.45, 7) is 3.16. The van der Waals surface area contributed by atoms with E-state index in [1.165, 1.54) is 30.7 Å². The highest BCUT2D eigenvalue weighted by atomic mass is 32.1. The van der Waals surface area contributed by atoms with Crippen LogP contribution < -0.4 is 5.32 Å². The average Bonchev–Trinajstić information content (AvgIpc) is 2.93. The van der Waals surface area contributed by atoms with Gasteiger partial charge in [-0.1, -0.05) is 24.7 Å². The minimum Gasteiger partial charge on any atom is -0.360 e. The molecule has 2 aromatic rings. The molecule has 1 aliphatic carbocycles. The van der Waals surface area contributed by atoms with E-state index in [1.807, 2.05) is 6.20 Å². The van der Waals surface area contributed by atoms with Crippen LogP contribution in [0.25, 0.3) is 9.88 Å². The molecule has 0 aliphatic heterocycles. The third-order valence-corrected chi connectivity index (χ3v) is 5.10. The van der Waals surface area contributed by atoms with Gasteiger partial charge in [0.25, 0.3) is 0 Å². The number of anilines is 1. The van der Waals surface area contributed by atoms with E-state index in [9.17, 15) is 0 Å². The third kappa shape index (κ3) is 2.70. The zero-order valence-electron chi connectivity index (χ0n) is 10.3. The SMILES string of the molecule is CCCCNc1nnc(-c2cnc(C3CC3)s2)s1. The molecule has 0 amide bonds. The monoisotopic (exact) mass is 280 g/mol. The molecule has 0 spiro atoms. The molecule has 4 nitrogen and oxygen atoms in total. The van der Waals surface area contributed by atoms with Crippen molar-refractivity contribution in [1.29, 1.82) is 0 Å². The molecule has 0 atom stereocenters. The van der Waals surface area contributed by atoms with Crippen molar-refractivity contribution in [1.82, 2.24) is 15.2 Å². The van der Waals surface area contributed by atoms with Crippen LogP contribution in [0, 0.1) is 0 Å². The number of aromatic nitrogens is 3. The van der Waals surface area contributed by atoms with Gasteiger partial charge in [0.1, 0.15) is 0 Å². The van der Waals surface area contributed by atoms with E-state index in [1.54, 1.807) is 22.7 Å². The Hall–Kier alpha value is -1.01. The molecule has 1 fully saturated rings. The quantitative estimate of drug-likeness (QED) is 0.819. The summed E-state index contributed by atoms with van der Waals surface area (Å²) < 4.78 is 0. The summed E-state index contributed by atoms with van der Waals surface area (Å²) in [5.41, 5.74) is 0. The minimum absolute atomic E-state index is 0.721. The highest BCUT2D eigenvalue weighted by molar-refractivity contribution is 7.23. The van der Waals surface area contributed by atoms with Crippen LogP contribution in [0.1, 0.15) is 43.5 Å². The van der Waals surface area contributed by atoms with Crippen LogP contribution in [0.4, 0.5) is 5.13 Å². The summed E-state index contributed by atoms with van der Waals surface area (Å²) in [6, 6.07) is 0. The lowest BCUT2D eigenvalue weighted by atomic mass is 10.3. The van der Waals surface area contributed by atoms with Gasteiger partial charge in [0.2, 0.25) is 5.13 Å². The van der Waals surface area contributed by atoms with Gasteiger partial charge in [-0.25, -0.2) is 4.98 Å². The van der Waals surface area contributed by atoms with Crippen molar-refractivity contribution in [2.75, 3.05) is 11.9 Å². The Labute approximate surface area is 114 Å². The fraction of sp³-hybridized carbons (Fsp3) is 0.583. The van der Waals surface area contributed by atoms with Gasteiger partial charge in [-0.3, -0.25) is 0 Å². The lowest BCUT2D eigenvalue weighted by Crippen LogP contribution is -1.99. The first-order chi connectivity index (χ1) is 8.86. The van der Waals surface area contributed by atoms with Crippen LogP contribution in [0.15, 0.2) is 6.20 Å². The first-order valence-electron chi connectivity index (χ1n) is 6.40. The van der Waals surface area contributed by atoms with E-state index in [4.69, 9.17) is 0 Å². The van der Waals surface area contributed by atoms with Crippen molar-refractivity contribution in [3.63, 3.8) is 0 Å². The van der Waals surface area contributed by atoms with Crippen LogP contribution in [0.5, 0.6) is 0 Å². The first-order valence-corrected chi connectivity index (χ1v) is 8.03. The molecule has 96 valence electrons. The van der Waals surface area contributed by atoms with Crippen LogP contribution in [0.3, 0.4) is 0 Å². The summed E-state index contributed by atoms with van der Waals surface area (Å²) >= 11 is 3.39. The van der Waals surface area contributed by atoms with Crippen molar-refractivity contribution in [3.05, 3.63) is 11.2 Å². The molecular weight excluding hydrogens is 264 g/mol. The lowest BCUT2D eigenvalue weighted by molar-refractivity contribution is 0.831. The van der Waals surface area contributed by atoms with Crippen LogP contribution in [-0.4, -0.2) is 21.7 Å². The molecule has 2 aromatic heterocycles. The molecule has 0 unspecified atom stereocenters. The van der Waals surface area contributed by atoms with Crippen molar-refractivity contribution in [2.45, 2.75) is 38.5 Å². The minimum atomic E-state index is 0.721. The molecule has 1 saturated carbocycles. The molecule has 18 heavy (non-hydrogen) atoms. The fourth-order valence-corrected chi connectivity index (χ4v) is 3.56. The fourth-order valence-electron chi connectivity index (χ4n) is 1.67. The Kier molecular flexibility index (Phi) is 3.56. The Bertz CT molecular complexity index is 516. The smallest absolute Gasteiger partial charge is 0.206 e. The molecule has 2 heterocycles. The highest BCUT2D eigenvalue weighted by Crippen LogP contribution is 2.43. The molecule has 0 bridgehead atoms. The van der Waals surface area contributed by atoms with E-state index >= 15 is 0 Å². The second-order valence-electron chi connectivity index (χ2n) is 4.53. The van der Waals surface area contributed by atoms with E-state index in [0.29, 0.717) is 0 Å². The maximum absolute atomic E-state index is 4.48. The normalized spacial score (nSPS) is 14.9. The summed E-state index contributed by atoms with van der Waals surface area (Å²) in [5.74, 6) is 0.721. The molecule has 3 rings (SSSR count). The van der Waals surface area contributed by atoms with E-state index in [2.05, 4.69) is 27.4 Å². The zero-order valence-corrected chi connectivity index (χ0v) is 12.0. The number of thiazole rings is 1. The molecule has 1 aliphatic rings. The maximum atomic E-state index is 4.48. The summed E-state index contributed by atoms with van der Waals surface area (Å²) in [4.78, 5) is 5.63. The summed E-state index contributed by atoms with van der Waals surface area (Å²) in [5, 5.41) is 14.9. The van der Waals surface area contributed by atoms with Crippen molar-refractivity contribution >= 4 is 27.8 Å². The van der Waals surface area contributed by atoms with Gasteiger partial charge < -0.3 is 5.32 Å². The maximum Gasteiger partial charge on any atom is 0.206 e. The van der Waals surface area contributed by atoms with Gasteiger partial charge in [0.05, 0.1) is 9.88 Å². The van der Waals surface area contributed by atoms with Gasteiger partial charge in [-0.05, 0) is 19.3 Å². The number of hydrogen-bond acceptors (Lipinski definition) is 6. The van der Waals surface area contributed by atoms with Crippen molar-refractivity contribution < 1.29 is 0 Å². The van der Waals surface area contributed by atoms with Crippen molar-refractivity contribution in [2.24, 2.45) is 0 Å². The molecule has 0 radical (unpaired) electrons.